The summed E-state index contributed by atoms with van der Waals surface area (Å²) in [7, 11) is 1.25. The Morgan fingerprint density at radius 2 is 2.32 bits per heavy atom. The maximum atomic E-state index is 13.4. The number of nitrogens with zero attached hydrogens (tertiary/aromatic N) is 1. The summed E-state index contributed by atoms with van der Waals surface area (Å²) in [4.78, 5) is 25.1. The number of anilines is 1. The first-order valence-electron chi connectivity index (χ1n) is 5.81. The molecule has 0 aliphatic carbocycles. The molecular weight excluding hydrogens is 317 g/mol. The topological polar surface area (TPSA) is 46.6 Å². The fraction of sp³-hybridized carbons (Fsp3) is 0.385. The molecule has 19 heavy (non-hydrogen) atoms. The molecule has 2 rings (SSSR count). The van der Waals surface area contributed by atoms with Crippen LogP contribution in [0.1, 0.15) is 16.8 Å². The van der Waals surface area contributed by atoms with E-state index in [9.17, 15) is 14.0 Å². The Balaban J connectivity index is 2.41. The number of carbonyl (C=O) groups excluding carboxylic acids is 2. The molecule has 1 saturated heterocycles. The molecule has 0 radical (unpaired) electrons. The molecular formula is C13H13BrFNO3. The van der Waals surface area contributed by atoms with Crippen LogP contribution in [-0.4, -0.2) is 30.9 Å². The minimum atomic E-state index is -0.579. The summed E-state index contributed by atoms with van der Waals surface area (Å²) in [6, 6.07) is 3.71. The molecule has 6 heteroatoms. The molecule has 1 atom stereocenters. The third kappa shape index (κ3) is 2.78. The van der Waals surface area contributed by atoms with Crippen molar-refractivity contribution in [1.29, 1.82) is 0 Å². The maximum absolute atomic E-state index is 13.4. The number of hydrogen-bond donors (Lipinski definition) is 0. The van der Waals surface area contributed by atoms with E-state index in [1.54, 1.807) is 0 Å². The van der Waals surface area contributed by atoms with Crippen LogP contribution in [0.15, 0.2) is 18.2 Å². The quantitative estimate of drug-likeness (QED) is 0.631. The van der Waals surface area contributed by atoms with E-state index in [4.69, 9.17) is 0 Å². The van der Waals surface area contributed by atoms with Crippen LogP contribution >= 0.6 is 15.9 Å². The molecule has 1 aliphatic heterocycles. The highest BCUT2D eigenvalue weighted by Gasteiger charge is 2.32. The molecule has 1 aromatic carbocycles. The summed E-state index contributed by atoms with van der Waals surface area (Å²) in [6.07, 6.45) is 0.391. The molecule has 1 amide bonds. The van der Waals surface area contributed by atoms with Crippen LogP contribution in [0.2, 0.25) is 0 Å². The molecule has 0 N–H and O–H groups in total. The molecule has 1 fully saturated rings. The largest absolute Gasteiger partial charge is 0.465 e. The molecule has 1 unspecified atom stereocenters. The third-order valence-electron chi connectivity index (χ3n) is 3.08. The zero-order valence-corrected chi connectivity index (χ0v) is 11.9. The van der Waals surface area contributed by atoms with Gasteiger partial charge in [-0.3, -0.25) is 4.79 Å². The number of halogens is 2. The van der Waals surface area contributed by atoms with Gasteiger partial charge in [-0.05, 0) is 24.1 Å². The van der Waals surface area contributed by atoms with Gasteiger partial charge in [0.1, 0.15) is 5.82 Å². The lowest BCUT2D eigenvalue weighted by Gasteiger charge is -2.19. The number of benzene rings is 1. The smallest absolute Gasteiger partial charge is 0.339 e. The predicted octanol–water partition coefficient (Wildman–Crippen LogP) is 2.36. The van der Waals surface area contributed by atoms with Crippen LogP contribution in [0.25, 0.3) is 0 Å². The molecule has 1 aliphatic rings. The van der Waals surface area contributed by atoms with Gasteiger partial charge >= 0.3 is 5.97 Å². The van der Waals surface area contributed by atoms with Crippen LogP contribution in [0.4, 0.5) is 10.1 Å². The zero-order valence-electron chi connectivity index (χ0n) is 10.4. The van der Waals surface area contributed by atoms with Crippen molar-refractivity contribution in [1.82, 2.24) is 0 Å². The first-order chi connectivity index (χ1) is 9.06. The predicted molar refractivity (Wildman–Crippen MR) is 72.0 cm³/mol. The first kappa shape index (κ1) is 14.0. The van der Waals surface area contributed by atoms with Crippen molar-refractivity contribution in [3.63, 3.8) is 0 Å². The van der Waals surface area contributed by atoms with Crippen molar-refractivity contribution < 1.29 is 18.7 Å². The Labute approximate surface area is 118 Å². The Bertz CT molecular complexity index is 521. The molecule has 0 aromatic heterocycles. The summed E-state index contributed by atoms with van der Waals surface area (Å²) in [5, 5.41) is 0.693. The highest BCUT2D eigenvalue weighted by Crippen LogP contribution is 2.30. The second-order valence-electron chi connectivity index (χ2n) is 4.38. The molecule has 0 spiro atoms. The number of carbonyl (C=O) groups is 2. The highest BCUT2D eigenvalue weighted by atomic mass is 79.9. The number of ether oxygens (including phenoxy) is 1. The van der Waals surface area contributed by atoms with Gasteiger partial charge in [-0.25, -0.2) is 9.18 Å². The number of methoxy groups -OCH3 is 1. The summed E-state index contributed by atoms with van der Waals surface area (Å²) in [5.41, 5.74) is 0.479. The number of alkyl halides is 1. The highest BCUT2D eigenvalue weighted by molar-refractivity contribution is 9.09. The van der Waals surface area contributed by atoms with Gasteiger partial charge in [0.05, 0.1) is 18.4 Å². The number of amides is 1. The van der Waals surface area contributed by atoms with Crippen LogP contribution in [0.5, 0.6) is 0 Å². The molecule has 102 valence electrons. The fourth-order valence-corrected chi connectivity index (χ4v) is 2.56. The summed E-state index contributed by atoms with van der Waals surface area (Å²) < 4.78 is 18.0. The second-order valence-corrected chi connectivity index (χ2v) is 5.03. The minimum absolute atomic E-state index is 0.111. The van der Waals surface area contributed by atoms with E-state index >= 15 is 0 Å². The van der Waals surface area contributed by atoms with Crippen molar-refractivity contribution in [2.75, 3.05) is 23.9 Å². The lowest BCUT2D eigenvalue weighted by atomic mass is 10.1. The number of hydrogen-bond acceptors (Lipinski definition) is 3. The van der Waals surface area contributed by atoms with E-state index in [0.29, 0.717) is 18.3 Å². The van der Waals surface area contributed by atoms with Gasteiger partial charge in [0.2, 0.25) is 5.91 Å². The van der Waals surface area contributed by atoms with E-state index in [0.717, 1.165) is 0 Å². The molecule has 1 aromatic rings. The van der Waals surface area contributed by atoms with Gasteiger partial charge in [0.15, 0.2) is 0 Å². The maximum Gasteiger partial charge on any atom is 0.339 e. The third-order valence-corrected chi connectivity index (χ3v) is 3.99. The normalized spacial score (nSPS) is 18.8. The second kappa shape index (κ2) is 5.69. The van der Waals surface area contributed by atoms with E-state index in [1.165, 1.54) is 30.2 Å². The van der Waals surface area contributed by atoms with Crippen LogP contribution in [0.3, 0.4) is 0 Å². The van der Waals surface area contributed by atoms with Gasteiger partial charge < -0.3 is 9.64 Å². The summed E-state index contributed by atoms with van der Waals surface area (Å²) in [5.74, 6) is -1.01. The van der Waals surface area contributed by atoms with Gasteiger partial charge in [0, 0.05) is 18.3 Å². The summed E-state index contributed by atoms with van der Waals surface area (Å²) >= 11 is 3.33. The van der Waals surface area contributed by atoms with E-state index in [1.807, 2.05) is 0 Å². The van der Waals surface area contributed by atoms with E-state index in [-0.39, 0.29) is 23.1 Å². The Morgan fingerprint density at radius 3 is 2.89 bits per heavy atom. The van der Waals surface area contributed by atoms with Gasteiger partial charge in [0.25, 0.3) is 0 Å². The molecule has 0 bridgehead atoms. The molecule has 1 heterocycles. The summed E-state index contributed by atoms with van der Waals surface area (Å²) in [6.45, 7) is 0.470. The Morgan fingerprint density at radius 1 is 1.58 bits per heavy atom. The van der Waals surface area contributed by atoms with Crippen molar-refractivity contribution in [3.05, 3.63) is 29.6 Å². The lowest BCUT2D eigenvalue weighted by Crippen LogP contribution is -2.27. The van der Waals surface area contributed by atoms with Gasteiger partial charge in [-0.2, -0.15) is 0 Å². The van der Waals surface area contributed by atoms with Crippen LogP contribution in [0, 0.1) is 11.7 Å². The van der Waals surface area contributed by atoms with Crippen LogP contribution < -0.4 is 4.90 Å². The van der Waals surface area contributed by atoms with E-state index < -0.39 is 11.8 Å². The SMILES string of the molecule is COC(=O)c1ccc(F)cc1N1CC(CBr)CC1=O. The van der Waals surface area contributed by atoms with Gasteiger partial charge in [-0.1, -0.05) is 15.9 Å². The molecule has 4 nitrogen and oxygen atoms in total. The Kier molecular flexibility index (Phi) is 4.19. The van der Waals surface area contributed by atoms with Crippen LogP contribution in [-0.2, 0) is 9.53 Å². The average molecular weight is 330 g/mol. The van der Waals surface area contributed by atoms with Crippen molar-refractivity contribution in [3.8, 4) is 0 Å². The average Bonchev–Trinajstić information content (AvgIpc) is 2.79. The fourth-order valence-electron chi connectivity index (χ4n) is 2.13. The number of rotatable bonds is 3. The van der Waals surface area contributed by atoms with E-state index in [2.05, 4.69) is 20.7 Å². The number of esters is 1. The van der Waals surface area contributed by atoms with Crippen molar-refractivity contribution in [2.45, 2.75) is 6.42 Å². The Hall–Kier alpha value is -1.43. The minimum Gasteiger partial charge on any atom is -0.465 e. The standard InChI is InChI=1S/C13H13BrFNO3/c1-19-13(18)10-3-2-9(15)5-11(10)16-7-8(6-14)4-12(16)17/h2-3,5,8H,4,6-7H2,1H3. The molecule has 0 saturated carbocycles. The lowest BCUT2D eigenvalue weighted by molar-refractivity contribution is -0.117. The first-order valence-corrected chi connectivity index (χ1v) is 6.93. The zero-order chi connectivity index (χ0) is 14.0. The van der Waals surface area contributed by atoms with Crippen molar-refractivity contribution in [2.24, 2.45) is 5.92 Å². The van der Waals surface area contributed by atoms with Crippen molar-refractivity contribution >= 4 is 33.5 Å². The monoisotopic (exact) mass is 329 g/mol. The van der Waals surface area contributed by atoms with Gasteiger partial charge in [-0.15, -0.1) is 0 Å².